The number of aromatic nitrogens is 2. The fraction of sp³-hybridized carbons (Fsp3) is 0.714. The summed E-state index contributed by atoms with van der Waals surface area (Å²) in [6.45, 7) is 3.17. The molecule has 1 rings (SSSR count). The van der Waals surface area contributed by atoms with Crippen LogP contribution in [-0.4, -0.2) is 30.6 Å². The number of aryl methyl sites for hydroxylation is 1. The summed E-state index contributed by atoms with van der Waals surface area (Å²) < 4.78 is 26.9. The minimum Gasteiger partial charge on any atom is -0.340 e. The zero-order chi connectivity index (χ0) is 11.0. The first kappa shape index (κ1) is 11.1. The van der Waals surface area contributed by atoms with Gasteiger partial charge in [0.25, 0.3) is 0 Å². The largest absolute Gasteiger partial charge is 0.340 e. The fourth-order valence-corrected chi connectivity index (χ4v) is 2.36. The number of nitrogens with two attached hydrogens (primary N) is 1. The molecular weight excluding hydrogens is 206 g/mol. The predicted molar refractivity (Wildman–Crippen MR) is 50.3 cm³/mol. The molecule has 0 unspecified atom stereocenters. The summed E-state index contributed by atoms with van der Waals surface area (Å²) in [7, 11) is -3.17. The van der Waals surface area contributed by atoms with E-state index in [0.717, 1.165) is 6.26 Å². The van der Waals surface area contributed by atoms with Crippen LogP contribution in [0.4, 0.5) is 0 Å². The van der Waals surface area contributed by atoms with Crippen LogP contribution >= 0.6 is 0 Å². The highest BCUT2D eigenvalue weighted by Gasteiger charge is 2.31. The maximum Gasteiger partial charge on any atom is 0.223 e. The van der Waals surface area contributed by atoms with Gasteiger partial charge in [-0.1, -0.05) is 5.16 Å². The van der Waals surface area contributed by atoms with Crippen LogP contribution in [0, 0.1) is 6.92 Å². The lowest BCUT2D eigenvalue weighted by molar-refractivity contribution is 0.372. The smallest absolute Gasteiger partial charge is 0.223 e. The zero-order valence-corrected chi connectivity index (χ0v) is 9.13. The van der Waals surface area contributed by atoms with E-state index in [1.165, 1.54) is 0 Å². The second kappa shape index (κ2) is 3.32. The van der Waals surface area contributed by atoms with Crippen LogP contribution in [0.3, 0.4) is 0 Å². The number of hydrogen-bond donors (Lipinski definition) is 1. The van der Waals surface area contributed by atoms with Crippen molar-refractivity contribution in [3.8, 4) is 0 Å². The summed E-state index contributed by atoms with van der Waals surface area (Å²) >= 11 is 0. The van der Waals surface area contributed by atoms with Crippen molar-refractivity contribution in [3.63, 3.8) is 0 Å². The zero-order valence-electron chi connectivity index (χ0n) is 8.31. The molecule has 0 fully saturated rings. The van der Waals surface area contributed by atoms with Crippen LogP contribution in [0.5, 0.6) is 0 Å². The molecule has 0 saturated heterocycles. The monoisotopic (exact) mass is 219 g/mol. The van der Waals surface area contributed by atoms with Gasteiger partial charge in [-0.05, 0) is 6.92 Å². The molecule has 0 amide bonds. The maximum atomic E-state index is 11.1. The minimum absolute atomic E-state index is 0.209. The van der Waals surface area contributed by atoms with E-state index in [-0.39, 0.29) is 11.6 Å². The van der Waals surface area contributed by atoms with Crippen molar-refractivity contribution in [1.29, 1.82) is 0 Å². The van der Waals surface area contributed by atoms with Crippen molar-refractivity contribution in [2.75, 3.05) is 12.0 Å². The Bertz CT molecular complexity index is 421. The number of rotatable bonds is 3. The molecule has 80 valence electrons. The molecule has 1 atom stereocenters. The van der Waals surface area contributed by atoms with Crippen LogP contribution in [0.25, 0.3) is 0 Å². The Kier molecular flexibility index (Phi) is 2.64. The average molecular weight is 219 g/mol. The van der Waals surface area contributed by atoms with Crippen LogP contribution in [-0.2, 0) is 15.4 Å². The SMILES string of the molecule is Cc1nc([C@@](C)(N)CS(C)(=O)=O)no1. The Hall–Kier alpha value is -0.950. The molecule has 6 nitrogen and oxygen atoms in total. The summed E-state index contributed by atoms with van der Waals surface area (Å²) in [5.41, 5.74) is 4.67. The fourth-order valence-electron chi connectivity index (χ4n) is 1.14. The normalized spacial score (nSPS) is 16.6. The Morgan fingerprint density at radius 3 is 2.50 bits per heavy atom. The van der Waals surface area contributed by atoms with Crippen molar-refractivity contribution >= 4 is 9.84 Å². The van der Waals surface area contributed by atoms with Crippen molar-refractivity contribution in [1.82, 2.24) is 10.1 Å². The molecule has 1 aromatic rings. The molecule has 0 aliphatic carbocycles. The highest BCUT2D eigenvalue weighted by molar-refractivity contribution is 7.90. The number of nitrogens with zero attached hydrogens (tertiary/aromatic N) is 2. The van der Waals surface area contributed by atoms with Crippen LogP contribution in [0.2, 0.25) is 0 Å². The van der Waals surface area contributed by atoms with Gasteiger partial charge in [-0.15, -0.1) is 0 Å². The predicted octanol–water partition coefficient (Wildman–Crippen LogP) is -0.403. The number of hydrogen-bond acceptors (Lipinski definition) is 6. The van der Waals surface area contributed by atoms with E-state index in [0.29, 0.717) is 5.89 Å². The molecule has 0 bridgehead atoms. The Labute approximate surface area is 82.4 Å². The molecular formula is C7H13N3O3S. The molecule has 0 spiro atoms. The van der Waals surface area contributed by atoms with Gasteiger partial charge in [0.1, 0.15) is 9.84 Å². The van der Waals surface area contributed by atoms with E-state index in [9.17, 15) is 8.42 Å². The highest BCUT2D eigenvalue weighted by Crippen LogP contribution is 2.15. The van der Waals surface area contributed by atoms with Crippen molar-refractivity contribution in [2.24, 2.45) is 5.73 Å². The third-order valence-electron chi connectivity index (χ3n) is 1.60. The standard InChI is InChI=1S/C7H13N3O3S/c1-5-9-6(10-13-5)7(2,8)4-14(3,11)12/h4,8H2,1-3H3/t7-/m0/s1. The lowest BCUT2D eigenvalue weighted by atomic mass is 10.1. The molecule has 1 aromatic heterocycles. The molecule has 2 N–H and O–H groups in total. The molecule has 14 heavy (non-hydrogen) atoms. The van der Waals surface area contributed by atoms with Gasteiger partial charge in [-0.2, -0.15) is 4.98 Å². The summed E-state index contributed by atoms with van der Waals surface area (Å²) in [6, 6.07) is 0. The molecule has 0 aliphatic heterocycles. The van der Waals surface area contributed by atoms with Gasteiger partial charge in [0, 0.05) is 13.2 Å². The van der Waals surface area contributed by atoms with E-state index in [4.69, 9.17) is 10.3 Å². The van der Waals surface area contributed by atoms with Gasteiger partial charge in [-0.25, -0.2) is 8.42 Å². The molecule has 0 aliphatic rings. The first-order chi connectivity index (χ1) is 6.21. The van der Waals surface area contributed by atoms with E-state index < -0.39 is 15.4 Å². The first-order valence-electron chi connectivity index (χ1n) is 3.98. The van der Waals surface area contributed by atoms with Gasteiger partial charge < -0.3 is 10.3 Å². The van der Waals surface area contributed by atoms with E-state index >= 15 is 0 Å². The summed E-state index contributed by atoms with van der Waals surface area (Å²) in [5, 5.41) is 3.60. The second-order valence-electron chi connectivity index (χ2n) is 3.62. The average Bonchev–Trinajstić information content (AvgIpc) is 2.29. The van der Waals surface area contributed by atoms with Crippen LogP contribution in [0.15, 0.2) is 4.52 Å². The summed E-state index contributed by atoms with van der Waals surface area (Å²) in [5.74, 6) is 0.365. The summed E-state index contributed by atoms with van der Waals surface area (Å²) in [6.07, 6.45) is 1.12. The van der Waals surface area contributed by atoms with Gasteiger partial charge >= 0.3 is 0 Å². The van der Waals surface area contributed by atoms with Gasteiger partial charge in [0.2, 0.25) is 5.89 Å². The van der Waals surface area contributed by atoms with Crippen molar-refractivity contribution in [2.45, 2.75) is 19.4 Å². The third-order valence-corrected chi connectivity index (χ3v) is 2.72. The lowest BCUT2D eigenvalue weighted by Gasteiger charge is -2.18. The van der Waals surface area contributed by atoms with E-state index in [2.05, 4.69) is 10.1 Å². The minimum atomic E-state index is -3.17. The second-order valence-corrected chi connectivity index (χ2v) is 5.76. The summed E-state index contributed by atoms with van der Waals surface area (Å²) in [4.78, 5) is 3.90. The van der Waals surface area contributed by atoms with E-state index in [1.54, 1.807) is 13.8 Å². The van der Waals surface area contributed by atoms with Crippen LogP contribution < -0.4 is 5.73 Å². The topological polar surface area (TPSA) is 99.1 Å². The third kappa shape index (κ3) is 2.78. The Balaban J connectivity index is 2.96. The Morgan fingerprint density at radius 2 is 2.14 bits per heavy atom. The number of sulfone groups is 1. The molecule has 0 radical (unpaired) electrons. The van der Waals surface area contributed by atoms with Gasteiger partial charge in [0.05, 0.1) is 11.3 Å². The van der Waals surface area contributed by atoms with Gasteiger partial charge in [0.15, 0.2) is 5.82 Å². The van der Waals surface area contributed by atoms with Crippen LogP contribution in [0.1, 0.15) is 18.6 Å². The van der Waals surface area contributed by atoms with Gasteiger partial charge in [-0.3, -0.25) is 0 Å². The molecule has 0 aromatic carbocycles. The molecule has 1 heterocycles. The first-order valence-corrected chi connectivity index (χ1v) is 6.04. The molecule has 7 heteroatoms. The van der Waals surface area contributed by atoms with E-state index in [1.807, 2.05) is 0 Å². The molecule has 0 saturated carbocycles. The van der Waals surface area contributed by atoms with Crippen molar-refractivity contribution in [3.05, 3.63) is 11.7 Å². The Morgan fingerprint density at radius 1 is 1.57 bits per heavy atom. The maximum absolute atomic E-state index is 11.1. The van der Waals surface area contributed by atoms with Crippen molar-refractivity contribution < 1.29 is 12.9 Å². The highest BCUT2D eigenvalue weighted by atomic mass is 32.2. The quantitative estimate of drug-likeness (QED) is 0.742. The lowest BCUT2D eigenvalue weighted by Crippen LogP contribution is -2.41.